The Hall–Kier alpha value is -2.66. The van der Waals surface area contributed by atoms with Crippen molar-refractivity contribution >= 4 is 11.6 Å². The molecule has 2 aromatic carbocycles. The molecule has 0 aliphatic rings. The van der Waals surface area contributed by atoms with Crippen LogP contribution in [0.15, 0.2) is 47.6 Å². The summed E-state index contributed by atoms with van der Waals surface area (Å²) >= 11 is 0. The van der Waals surface area contributed by atoms with Crippen molar-refractivity contribution in [3.05, 3.63) is 70.3 Å². The molecule has 0 saturated carbocycles. The monoisotopic (exact) mass is 354 g/mol. The molecule has 0 aromatic heterocycles. The maximum absolute atomic E-state index is 12.0. The van der Waals surface area contributed by atoms with E-state index in [9.17, 15) is 4.79 Å². The molecule has 0 aliphatic heterocycles. The highest BCUT2D eigenvalue weighted by Crippen LogP contribution is 2.22. The quantitative estimate of drug-likeness (QED) is 0.609. The van der Waals surface area contributed by atoms with Crippen molar-refractivity contribution in [2.75, 3.05) is 14.2 Å². The lowest BCUT2D eigenvalue weighted by atomic mass is 10.0. The number of benzene rings is 2. The second kappa shape index (κ2) is 9.15. The van der Waals surface area contributed by atoms with Gasteiger partial charge in [-0.3, -0.25) is 4.79 Å². The van der Waals surface area contributed by atoms with Gasteiger partial charge in [-0.25, -0.2) is 0 Å². The van der Waals surface area contributed by atoms with Crippen LogP contribution in [0.4, 0.5) is 0 Å². The van der Waals surface area contributed by atoms with Gasteiger partial charge in [-0.1, -0.05) is 53.2 Å². The summed E-state index contributed by atoms with van der Waals surface area (Å²) in [5.74, 6) is -0.199. The second-order valence-electron chi connectivity index (χ2n) is 6.20. The molecule has 2 rings (SSSR count). The Morgan fingerprint density at radius 2 is 1.92 bits per heavy atom. The first-order valence-corrected chi connectivity index (χ1v) is 8.54. The number of amides is 1. The molecule has 2 aromatic rings. The van der Waals surface area contributed by atoms with Gasteiger partial charge in [0.25, 0.3) is 5.91 Å². The molecule has 1 atom stereocenters. The maximum atomic E-state index is 12.0. The highest BCUT2D eigenvalue weighted by molar-refractivity contribution is 5.99. The topological polar surface area (TPSA) is 59.9 Å². The van der Waals surface area contributed by atoms with E-state index in [1.807, 2.05) is 37.3 Å². The third-order valence-corrected chi connectivity index (χ3v) is 4.25. The summed E-state index contributed by atoms with van der Waals surface area (Å²) in [6, 6.07) is 13.8. The number of nitrogens with one attached hydrogen (secondary N) is 1. The maximum Gasteiger partial charge on any atom is 0.253 e. The number of hydrogen-bond donors (Lipinski definition) is 1. The Kier molecular flexibility index (Phi) is 6.92. The van der Waals surface area contributed by atoms with Gasteiger partial charge >= 0.3 is 0 Å². The van der Waals surface area contributed by atoms with Crippen molar-refractivity contribution in [2.45, 2.75) is 33.5 Å². The van der Waals surface area contributed by atoms with E-state index in [1.54, 1.807) is 7.05 Å². The largest absolute Gasteiger partial charge is 0.391 e. The minimum atomic E-state index is -0.677. The van der Waals surface area contributed by atoms with E-state index in [4.69, 9.17) is 9.57 Å². The summed E-state index contributed by atoms with van der Waals surface area (Å²) in [5, 5.41) is 6.86. The van der Waals surface area contributed by atoms with Crippen molar-refractivity contribution in [1.82, 2.24) is 5.32 Å². The minimum absolute atomic E-state index is 0.199. The summed E-state index contributed by atoms with van der Waals surface area (Å²) in [6.45, 7) is 6.31. The average molecular weight is 354 g/mol. The smallest absolute Gasteiger partial charge is 0.253 e. The van der Waals surface area contributed by atoms with Gasteiger partial charge in [0.05, 0.1) is 5.71 Å². The predicted octanol–water partition coefficient (Wildman–Crippen LogP) is 3.68. The lowest BCUT2D eigenvalue weighted by Crippen LogP contribution is -2.27. The number of ether oxygens (including phenoxy) is 1. The molecule has 5 heteroatoms. The summed E-state index contributed by atoms with van der Waals surface area (Å²) in [5.41, 5.74) is 5.88. The molecule has 1 amide bonds. The number of carbonyl (C=O) groups excluding carboxylic acids is 1. The van der Waals surface area contributed by atoms with Gasteiger partial charge in [0.15, 0.2) is 6.10 Å². The number of carbonyl (C=O) groups is 1. The van der Waals surface area contributed by atoms with Crippen LogP contribution in [0.5, 0.6) is 0 Å². The highest BCUT2D eigenvalue weighted by Gasteiger charge is 2.21. The molecule has 0 heterocycles. The molecule has 0 bridgehead atoms. The molecule has 1 N–H and O–H groups in total. The predicted molar refractivity (Wildman–Crippen MR) is 103 cm³/mol. The van der Waals surface area contributed by atoms with E-state index >= 15 is 0 Å². The molecular formula is C21H26N2O3. The zero-order valence-corrected chi connectivity index (χ0v) is 16.0. The number of nitrogens with zero attached hydrogens (tertiary/aromatic N) is 1. The summed E-state index contributed by atoms with van der Waals surface area (Å²) in [7, 11) is 3.10. The fourth-order valence-corrected chi connectivity index (χ4v) is 2.90. The highest BCUT2D eigenvalue weighted by atomic mass is 16.6. The van der Waals surface area contributed by atoms with Crippen LogP contribution >= 0.6 is 0 Å². The normalized spacial score (nSPS) is 12.6. The van der Waals surface area contributed by atoms with Gasteiger partial charge in [0, 0.05) is 19.7 Å². The SMILES string of the molecule is CNC(=O)C(OC)c1ccccc1CO/N=C(\C)c1ccc(C)cc1C. The first-order chi connectivity index (χ1) is 12.5. The van der Waals surface area contributed by atoms with E-state index < -0.39 is 6.10 Å². The molecule has 138 valence electrons. The number of likely N-dealkylation sites (N-methyl/N-ethyl adjacent to an activating group) is 1. The van der Waals surface area contributed by atoms with Crippen LogP contribution in [-0.2, 0) is 21.0 Å². The molecule has 0 aliphatic carbocycles. The molecule has 1 unspecified atom stereocenters. The van der Waals surface area contributed by atoms with Gasteiger partial charge < -0.3 is 14.9 Å². The summed E-state index contributed by atoms with van der Waals surface area (Å²) < 4.78 is 5.35. The Morgan fingerprint density at radius 3 is 2.58 bits per heavy atom. The van der Waals surface area contributed by atoms with Crippen LogP contribution in [0.25, 0.3) is 0 Å². The summed E-state index contributed by atoms with van der Waals surface area (Å²) in [4.78, 5) is 17.6. The number of hydrogen-bond acceptors (Lipinski definition) is 4. The van der Waals surface area contributed by atoms with Crippen molar-refractivity contribution < 1.29 is 14.4 Å². The van der Waals surface area contributed by atoms with E-state index in [2.05, 4.69) is 36.5 Å². The Morgan fingerprint density at radius 1 is 1.19 bits per heavy atom. The first kappa shape index (κ1) is 19.7. The van der Waals surface area contributed by atoms with Crippen LogP contribution in [0.1, 0.15) is 40.8 Å². The van der Waals surface area contributed by atoms with E-state index in [1.165, 1.54) is 12.7 Å². The minimum Gasteiger partial charge on any atom is -0.391 e. The van der Waals surface area contributed by atoms with Gasteiger partial charge in [-0.2, -0.15) is 0 Å². The number of oxime groups is 1. The van der Waals surface area contributed by atoms with Crippen molar-refractivity contribution in [1.29, 1.82) is 0 Å². The molecule has 26 heavy (non-hydrogen) atoms. The molecule has 0 spiro atoms. The zero-order chi connectivity index (χ0) is 19.1. The van der Waals surface area contributed by atoms with Gasteiger partial charge in [0.1, 0.15) is 6.61 Å². The van der Waals surface area contributed by atoms with Crippen LogP contribution in [0.3, 0.4) is 0 Å². The summed E-state index contributed by atoms with van der Waals surface area (Å²) in [6.07, 6.45) is -0.677. The molecule has 5 nitrogen and oxygen atoms in total. The Balaban J connectivity index is 2.16. The molecule has 0 fully saturated rings. The van der Waals surface area contributed by atoms with Crippen molar-refractivity contribution in [3.63, 3.8) is 0 Å². The van der Waals surface area contributed by atoms with Crippen molar-refractivity contribution in [3.8, 4) is 0 Å². The van der Waals surface area contributed by atoms with E-state index in [0.29, 0.717) is 0 Å². The zero-order valence-electron chi connectivity index (χ0n) is 16.0. The van der Waals surface area contributed by atoms with Gasteiger partial charge in [-0.15, -0.1) is 0 Å². The molecular weight excluding hydrogens is 328 g/mol. The lowest BCUT2D eigenvalue weighted by Gasteiger charge is -2.17. The van der Waals surface area contributed by atoms with E-state index in [-0.39, 0.29) is 12.5 Å². The third kappa shape index (κ3) is 4.70. The third-order valence-electron chi connectivity index (χ3n) is 4.25. The van der Waals surface area contributed by atoms with Crippen LogP contribution in [0, 0.1) is 13.8 Å². The van der Waals surface area contributed by atoms with Crippen LogP contribution < -0.4 is 5.32 Å². The Bertz CT molecular complexity index is 800. The number of methoxy groups -OCH3 is 1. The van der Waals surface area contributed by atoms with Gasteiger partial charge in [-0.05, 0) is 37.5 Å². The van der Waals surface area contributed by atoms with Crippen LogP contribution in [0.2, 0.25) is 0 Å². The van der Waals surface area contributed by atoms with Gasteiger partial charge in [0.2, 0.25) is 0 Å². The second-order valence-corrected chi connectivity index (χ2v) is 6.20. The van der Waals surface area contributed by atoms with Crippen molar-refractivity contribution in [2.24, 2.45) is 5.16 Å². The average Bonchev–Trinajstić information content (AvgIpc) is 2.63. The molecule has 0 radical (unpaired) electrons. The first-order valence-electron chi connectivity index (χ1n) is 8.54. The molecule has 0 saturated heterocycles. The fraction of sp³-hybridized carbons (Fsp3) is 0.333. The number of rotatable bonds is 7. The standard InChI is InChI=1S/C21H26N2O3/c1-14-10-11-18(15(2)12-14)16(3)23-26-13-17-8-6-7-9-19(17)20(25-5)21(24)22-4/h6-12,20H,13H2,1-5H3,(H,22,24)/b23-16+. The lowest BCUT2D eigenvalue weighted by molar-refractivity contribution is -0.130. The number of aryl methyl sites for hydroxylation is 2. The van der Waals surface area contributed by atoms with Crippen LogP contribution in [-0.4, -0.2) is 25.8 Å². The Labute approximate surface area is 155 Å². The fourth-order valence-electron chi connectivity index (χ4n) is 2.90. The van der Waals surface area contributed by atoms with E-state index in [0.717, 1.165) is 28.0 Å².